The molecule has 0 amide bonds. The maximum atomic E-state index is 5.89. The minimum Gasteiger partial charge on any atom is -0.493 e. The summed E-state index contributed by atoms with van der Waals surface area (Å²) in [5, 5.41) is 0. The van der Waals surface area contributed by atoms with E-state index in [0.717, 1.165) is 24.6 Å². The van der Waals surface area contributed by atoms with Gasteiger partial charge in [-0.25, -0.2) is 0 Å². The first-order chi connectivity index (χ1) is 9.35. The van der Waals surface area contributed by atoms with Crippen LogP contribution in [0.25, 0.3) is 0 Å². The highest BCUT2D eigenvalue weighted by atomic mass is 16.5. The Morgan fingerprint density at radius 1 is 1.16 bits per heavy atom. The first-order valence-electron chi connectivity index (χ1n) is 7.05. The number of methoxy groups -OCH3 is 1. The lowest BCUT2D eigenvalue weighted by atomic mass is 10.1. The summed E-state index contributed by atoms with van der Waals surface area (Å²) >= 11 is 0. The van der Waals surface area contributed by atoms with Gasteiger partial charge in [-0.05, 0) is 38.1 Å². The van der Waals surface area contributed by atoms with E-state index in [9.17, 15) is 0 Å². The molecule has 4 heteroatoms. The molecule has 0 aliphatic carbocycles. The van der Waals surface area contributed by atoms with E-state index < -0.39 is 0 Å². The number of ether oxygens (including phenoxy) is 2. The van der Waals surface area contributed by atoms with E-state index in [1.54, 1.807) is 7.11 Å². The minimum absolute atomic E-state index is 0.296. The Morgan fingerprint density at radius 3 is 2.47 bits per heavy atom. The summed E-state index contributed by atoms with van der Waals surface area (Å²) in [6.45, 7) is 3.53. The standard InChI is InChI=1S/C15H24N2O2/c1-18-14-7-3-4-8-15(14)19-12-13(11-16)17-9-5-2-6-10-17/h3-4,7-8,13H,2,5-6,9-12,16H2,1H3. The first kappa shape index (κ1) is 14.2. The van der Waals surface area contributed by atoms with E-state index in [1.165, 1.54) is 19.3 Å². The van der Waals surface area contributed by atoms with Crippen LogP contribution in [0.2, 0.25) is 0 Å². The van der Waals surface area contributed by atoms with Crippen molar-refractivity contribution in [1.82, 2.24) is 4.90 Å². The topological polar surface area (TPSA) is 47.7 Å². The van der Waals surface area contributed by atoms with Crippen LogP contribution in [0.3, 0.4) is 0 Å². The lowest BCUT2D eigenvalue weighted by Crippen LogP contribution is -2.46. The molecule has 0 radical (unpaired) electrons. The third-order valence-corrected chi connectivity index (χ3v) is 3.68. The van der Waals surface area contributed by atoms with Crippen molar-refractivity contribution in [2.24, 2.45) is 5.73 Å². The number of benzene rings is 1. The summed E-state index contributed by atoms with van der Waals surface area (Å²) in [4.78, 5) is 2.44. The molecule has 1 saturated heterocycles. The van der Waals surface area contributed by atoms with Crippen molar-refractivity contribution in [3.8, 4) is 11.5 Å². The zero-order chi connectivity index (χ0) is 13.5. The van der Waals surface area contributed by atoms with Gasteiger partial charge >= 0.3 is 0 Å². The monoisotopic (exact) mass is 264 g/mol. The molecule has 4 nitrogen and oxygen atoms in total. The number of likely N-dealkylation sites (tertiary alicyclic amines) is 1. The molecule has 1 heterocycles. The van der Waals surface area contributed by atoms with Crippen LogP contribution in [0.1, 0.15) is 19.3 Å². The number of nitrogens with two attached hydrogens (primary N) is 1. The second-order valence-corrected chi connectivity index (χ2v) is 4.95. The fourth-order valence-electron chi connectivity index (χ4n) is 2.53. The van der Waals surface area contributed by atoms with Gasteiger partial charge in [-0.2, -0.15) is 0 Å². The number of rotatable bonds is 6. The van der Waals surface area contributed by atoms with Gasteiger partial charge < -0.3 is 15.2 Å². The van der Waals surface area contributed by atoms with Crippen molar-refractivity contribution < 1.29 is 9.47 Å². The molecule has 106 valence electrons. The molecule has 2 rings (SSSR count). The number of piperidine rings is 1. The van der Waals surface area contributed by atoms with Crippen LogP contribution in [0, 0.1) is 0 Å². The van der Waals surface area contributed by atoms with Crippen LogP contribution in [-0.4, -0.2) is 44.3 Å². The smallest absolute Gasteiger partial charge is 0.161 e. The Bertz CT molecular complexity index is 378. The van der Waals surface area contributed by atoms with Gasteiger partial charge in [0.15, 0.2) is 11.5 Å². The number of hydrogen-bond donors (Lipinski definition) is 1. The Morgan fingerprint density at radius 2 is 1.84 bits per heavy atom. The largest absolute Gasteiger partial charge is 0.493 e. The summed E-state index contributed by atoms with van der Waals surface area (Å²) in [5.41, 5.74) is 5.89. The molecule has 0 saturated carbocycles. The number of nitrogens with zero attached hydrogens (tertiary/aromatic N) is 1. The van der Waals surface area contributed by atoms with Gasteiger partial charge in [-0.1, -0.05) is 18.6 Å². The summed E-state index contributed by atoms with van der Waals surface area (Å²) in [5.74, 6) is 1.57. The van der Waals surface area contributed by atoms with Crippen LogP contribution in [0.5, 0.6) is 11.5 Å². The molecule has 0 bridgehead atoms. The van der Waals surface area contributed by atoms with Crippen molar-refractivity contribution in [3.63, 3.8) is 0 Å². The minimum atomic E-state index is 0.296. The molecule has 2 N–H and O–H groups in total. The molecule has 1 aliphatic rings. The molecule has 1 aromatic rings. The van der Waals surface area contributed by atoms with Crippen molar-refractivity contribution in [2.45, 2.75) is 25.3 Å². The average molecular weight is 264 g/mol. The molecular weight excluding hydrogens is 240 g/mol. The lowest BCUT2D eigenvalue weighted by Gasteiger charge is -2.33. The van der Waals surface area contributed by atoms with Gasteiger partial charge in [0.25, 0.3) is 0 Å². The molecule has 0 aromatic heterocycles. The quantitative estimate of drug-likeness (QED) is 0.852. The molecule has 1 aromatic carbocycles. The van der Waals surface area contributed by atoms with Gasteiger partial charge in [0, 0.05) is 6.54 Å². The van der Waals surface area contributed by atoms with E-state index in [1.807, 2.05) is 24.3 Å². The van der Waals surface area contributed by atoms with E-state index in [0.29, 0.717) is 19.2 Å². The Kier molecular flexibility index (Phi) is 5.48. The second kappa shape index (κ2) is 7.36. The fourth-order valence-corrected chi connectivity index (χ4v) is 2.53. The molecule has 0 spiro atoms. The van der Waals surface area contributed by atoms with E-state index in [4.69, 9.17) is 15.2 Å². The maximum absolute atomic E-state index is 5.89. The normalized spacial score (nSPS) is 18.0. The van der Waals surface area contributed by atoms with Crippen LogP contribution in [-0.2, 0) is 0 Å². The number of para-hydroxylation sites is 2. The zero-order valence-corrected chi connectivity index (χ0v) is 11.7. The van der Waals surface area contributed by atoms with E-state index in [-0.39, 0.29) is 0 Å². The average Bonchev–Trinajstić information content (AvgIpc) is 2.49. The Hall–Kier alpha value is -1.26. The molecule has 1 atom stereocenters. The zero-order valence-electron chi connectivity index (χ0n) is 11.7. The van der Waals surface area contributed by atoms with Crippen LogP contribution < -0.4 is 15.2 Å². The SMILES string of the molecule is COc1ccccc1OCC(CN)N1CCCCC1. The Balaban J connectivity index is 1.91. The van der Waals surface area contributed by atoms with Gasteiger partial charge in [0.2, 0.25) is 0 Å². The summed E-state index contributed by atoms with van der Waals surface area (Å²) in [7, 11) is 1.66. The Labute approximate surface area is 115 Å². The summed E-state index contributed by atoms with van der Waals surface area (Å²) in [6.07, 6.45) is 3.87. The number of hydrogen-bond acceptors (Lipinski definition) is 4. The van der Waals surface area contributed by atoms with Crippen molar-refractivity contribution in [2.75, 3.05) is 33.4 Å². The van der Waals surface area contributed by atoms with Crippen LogP contribution in [0.15, 0.2) is 24.3 Å². The van der Waals surface area contributed by atoms with E-state index >= 15 is 0 Å². The fraction of sp³-hybridized carbons (Fsp3) is 0.600. The third kappa shape index (κ3) is 3.85. The van der Waals surface area contributed by atoms with Gasteiger partial charge in [-0.15, -0.1) is 0 Å². The van der Waals surface area contributed by atoms with Gasteiger partial charge in [0.05, 0.1) is 13.2 Å². The van der Waals surface area contributed by atoms with Crippen LogP contribution >= 0.6 is 0 Å². The van der Waals surface area contributed by atoms with Crippen LogP contribution in [0.4, 0.5) is 0 Å². The molecular formula is C15H24N2O2. The van der Waals surface area contributed by atoms with Crippen molar-refractivity contribution >= 4 is 0 Å². The van der Waals surface area contributed by atoms with Gasteiger partial charge in [0.1, 0.15) is 6.61 Å². The van der Waals surface area contributed by atoms with E-state index in [2.05, 4.69) is 4.90 Å². The second-order valence-electron chi connectivity index (χ2n) is 4.95. The maximum Gasteiger partial charge on any atom is 0.161 e. The predicted octanol–water partition coefficient (Wildman–Crippen LogP) is 1.89. The molecule has 19 heavy (non-hydrogen) atoms. The highest BCUT2D eigenvalue weighted by molar-refractivity contribution is 5.39. The summed E-state index contributed by atoms with van der Waals surface area (Å²) < 4.78 is 11.2. The molecule has 1 aliphatic heterocycles. The third-order valence-electron chi connectivity index (χ3n) is 3.68. The van der Waals surface area contributed by atoms with Crippen molar-refractivity contribution in [1.29, 1.82) is 0 Å². The summed E-state index contributed by atoms with van der Waals surface area (Å²) in [6, 6.07) is 8.04. The van der Waals surface area contributed by atoms with Crippen molar-refractivity contribution in [3.05, 3.63) is 24.3 Å². The highest BCUT2D eigenvalue weighted by Crippen LogP contribution is 2.26. The molecule has 1 unspecified atom stereocenters. The predicted molar refractivity (Wildman–Crippen MR) is 76.8 cm³/mol. The first-order valence-corrected chi connectivity index (χ1v) is 7.05. The lowest BCUT2D eigenvalue weighted by molar-refractivity contribution is 0.117. The highest BCUT2D eigenvalue weighted by Gasteiger charge is 2.20. The van der Waals surface area contributed by atoms with Gasteiger partial charge in [-0.3, -0.25) is 4.90 Å². The molecule has 1 fully saturated rings.